The summed E-state index contributed by atoms with van der Waals surface area (Å²) in [5, 5.41) is 1.80. The second kappa shape index (κ2) is 6.81. The van der Waals surface area contributed by atoms with Crippen LogP contribution in [0.5, 0.6) is 0 Å². The maximum absolute atomic E-state index is 13.9. The van der Waals surface area contributed by atoms with Gasteiger partial charge < -0.3 is 4.57 Å². The molecule has 0 atom stereocenters. The molecule has 0 amide bonds. The second-order valence-corrected chi connectivity index (χ2v) is 8.34. The zero-order valence-corrected chi connectivity index (χ0v) is 13.8. The average Bonchev–Trinajstić information content (AvgIpc) is 2.64. The van der Waals surface area contributed by atoms with Crippen molar-refractivity contribution in [2.75, 3.05) is 0 Å². The van der Waals surface area contributed by atoms with Crippen molar-refractivity contribution in [2.45, 2.75) is 6.16 Å². The SMILES string of the molecule is C=Cc1ccc(CP(=O)(c2ccccc2)c2ccccc2)cc1. The highest BCUT2D eigenvalue weighted by atomic mass is 31.2. The molecule has 0 fully saturated rings. The third-order valence-corrected chi connectivity index (χ3v) is 7.04. The lowest BCUT2D eigenvalue weighted by molar-refractivity contribution is 0.586. The molecule has 23 heavy (non-hydrogen) atoms. The summed E-state index contributed by atoms with van der Waals surface area (Å²) in [5.74, 6) is 0. The van der Waals surface area contributed by atoms with Gasteiger partial charge in [0.15, 0.2) is 0 Å². The zero-order chi connectivity index (χ0) is 16.1. The van der Waals surface area contributed by atoms with Crippen molar-refractivity contribution in [1.82, 2.24) is 0 Å². The molecule has 0 unspecified atom stereocenters. The number of hydrogen-bond donors (Lipinski definition) is 0. The van der Waals surface area contributed by atoms with Gasteiger partial charge in [0.2, 0.25) is 0 Å². The van der Waals surface area contributed by atoms with E-state index in [-0.39, 0.29) is 0 Å². The molecule has 3 aromatic rings. The van der Waals surface area contributed by atoms with Crippen LogP contribution >= 0.6 is 7.14 Å². The Labute approximate surface area is 137 Å². The van der Waals surface area contributed by atoms with E-state index in [0.29, 0.717) is 6.16 Å². The van der Waals surface area contributed by atoms with Gasteiger partial charge in [-0.1, -0.05) is 97.6 Å². The fourth-order valence-corrected chi connectivity index (χ4v) is 5.38. The molecule has 3 rings (SSSR count). The van der Waals surface area contributed by atoms with Gasteiger partial charge in [-0.15, -0.1) is 0 Å². The first-order valence-electron chi connectivity index (χ1n) is 7.64. The second-order valence-electron chi connectivity index (χ2n) is 5.51. The number of hydrogen-bond acceptors (Lipinski definition) is 1. The lowest BCUT2D eigenvalue weighted by Crippen LogP contribution is -2.17. The van der Waals surface area contributed by atoms with E-state index in [4.69, 9.17) is 0 Å². The molecule has 0 aliphatic heterocycles. The fraction of sp³-hybridized carbons (Fsp3) is 0.0476. The highest BCUT2D eigenvalue weighted by Crippen LogP contribution is 2.46. The van der Waals surface area contributed by atoms with Crippen LogP contribution in [-0.2, 0) is 10.7 Å². The maximum Gasteiger partial charge on any atom is 0.147 e. The van der Waals surface area contributed by atoms with Gasteiger partial charge >= 0.3 is 0 Å². The van der Waals surface area contributed by atoms with Gasteiger partial charge in [-0.05, 0) is 11.1 Å². The summed E-state index contributed by atoms with van der Waals surface area (Å²) in [4.78, 5) is 0. The summed E-state index contributed by atoms with van der Waals surface area (Å²) in [6.07, 6.45) is 2.34. The van der Waals surface area contributed by atoms with E-state index >= 15 is 0 Å². The van der Waals surface area contributed by atoms with E-state index in [1.54, 1.807) is 0 Å². The molecule has 0 aliphatic carbocycles. The summed E-state index contributed by atoms with van der Waals surface area (Å²) in [7, 11) is -2.70. The predicted octanol–water partition coefficient (Wildman–Crippen LogP) is 4.84. The van der Waals surface area contributed by atoms with Crippen LogP contribution in [0, 0.1) is 0 Å². The van der Waals surface area contributed by atoms with Crippen LogP contribution in [0.25, 0.3) is 6.08 Å². The lowest BCUT2D eigenvalue weighted by atomic mass is 10.1. The summed E-state index contributed by atoms with van der Waals surface area (Å²) < 4.78 is 13.9. The normalized spacial score (nSPS) is 11.1. The van der Waals surface area contributed by atoms with Crippen LogP contribution in [0.4, 0.5) is 0 Å². The fourth-order valence-electron chi connectivity index (χ4n) is 2.69. The molecule has 0 saturated carbocycles. The van der Waals surface area contributed by atoms with Crippen LogP contribution in [0.2, 0.25) is 0 Å². The van der Waals surface area contributed by atoms with Gasteiger partial charge in [0.05, 0.1) is 0 Å². The topological polar surface area (TPSA) is 17.1 Å². The maximum atomic E-state index is 13.9. The largest absolute Gasteiger partial charge is 0.313 e. The van der Waals surface area contributed by atoms with Gasteiger partial charge in [0, 0.05) is 16.8 Å². The first-order valence-corrected chi connectivity index (χ1v) is 9.53. The molecule has 0 aliphatic rings. The standard InChI is InChI=1S/C21H19OP/c1-2-18-13-15-19(16-14-18)17-23(22,20-9-5-3-6-10-20)21-11-7-4-8-12-21/h2-16H,1,17H2. The van der Waals surface area contributed by atoms with E-state index in [1.807, 2.05) is 91.0 Å². The molecule has 2 heteroatoms. The van der Waals surface area contributed by atoms with E-state index in [2.05, 4.69) is 6.58 Å². The van der Waals surface area contributed by atoms with Crippen LogP contribution in [0.15, 0.2) is 91.5 Å². The van der Waals surface area contributed by atoms with Crippen molar-refractivity contribution in [1.29, 1.82) is 0 Å². The first kappa shape index (κ1) is 15.5. The van der Waals surface area contributed by atoms with Gasteiger partial charge in [-0.3, -0.25) is 0 Å². The Morgan fingerprint density at radius 1 is 0.739 bits per heavy atom. The summed E-state index contributed by atoms with van der Waals surface area (Å²) >= 11 is 0. The molecule has 0 bridgehead atoms. The summed E-state index contributed by atoms with van der Waals surface area (Å²) in [6, 6.07) is 27.7. The van der Waals surface area contributed by atoms with Crippen LogP contribution in [-0.4, -0.2) is 0 Å². The Kier molecular flexibility index (Phi) is 4.60. The molecule has 0 radical (unpaired) electrons. The van der Waals surface area contributed by atoms with E-state index in [0.717, 1.165) is 21.7 Å². The minimum Gasteiger partial charge on any atom is -0.313 e. The monoisotopic (exact) mass is 318 g/mol. The van der Waals surface area contributed by atoms with Crippen molar-refractivity contribution < 1.29 is 4.57 Å². The van der Waals surface area contributed by atoms with Gasteiger partial charge in [-0.25, -0.2) is 0 Å². The Hall–Kier alpha value is -2.37. The molecule has 3 aromatic carbocycles. The van der Waals surface area contributed by atoms with Crippen LogP contribution in [0.3, 0.4) is 0 Å². The quantitative estimate of drug-likeness (QED) is 0.615. The van der Waals surface area contributed by atoms with Gasteiger partial charge in [0.1, 0.15) is 7.14 Å². The Morgan fingerprint density at radius 3 is 1.65 bits per heavy atom. The molecular formula is C21H19OP. The molecule has 0 N–H and O–H groups in total. The van der Waals surface area contributed by atoms with E-state index in [1.165, 1.54) is 0 Å². The molecule has 114 valence electrons. The molecule has 1 nitrogen and oxygen atoms in total. The molecular weight excluding hydrogens is 299 g/mol. The third-order valence-electron chi connectivity index (χ3n) is 3.97. The molecule has 0 aromatic heterocycles. The Balaban J connectivity index is 2.05. The van der Waals surface area contributed by atoms with Crippen molar-refractivity contribution in [2.24, 2.45) is 0 Å². The van der Waals surface area contributed by atoms with Crippen molar-refractivity contribution >= 4 is 23.8 Å². The number of rotatable bonds is 5. The lowest BCUT2D eigenvalue weighted by Gasteiger charge is -2.19. The average molecular weight is 318 g/mol. The van der Waals surface area contributed by atoms with Crippen LogP contribution in [0.1, 0.15) is 11.1 Å². The molecule has 0 saturated heterocycles. The third kappa shape index (κ3) is 3.36. The zero-order valence-electron chi connectivity index (χ0n) is 12.9. The van der Waals surface area contributed by atoms with E-state index in [9.17, 15) is 4.57 Å². The van der Waals surface area contributed by atoms with Crippen molar-refractivity contribution in [3.63, 3.8) is 0 Å². The van der Waals surface area contributed by atoms with Gasteiger partial charge in [0.25, 0.3) is 0 Å². The van der Waals surface area contributed by atoms with E-state index < -0.39 is 7.14 Å². The first-order chi connectivity index (χ1) is 11.2. The Bertz CT molecular complexity index is 777. The van der Waals surface area contributed by atoms with Crippen molar-refractivity contribution in [3.8, 4) is 0 Å². The summed E-state index contributed by atoms with van der Waals surface area (Å²) in [6.45, 7) is 3.78. The minimum atomic E-state index is -2.70. The predicted molar refractivity (Wildman–Crippen MR) is 100.0 cm³/mol. The minimum absolute atomic E-state index is 0.526. The highest BCUT2D eigenvalue weighted by molar-refractivity contribution is 7.78. The van der Waals surface area contributed by atoms with Gasteiger partial charge in [-0.2, -0.15) is 0 Å². The number of benzene rings is 3. The Morgan fingerprint density at radius 2 is 1.22 bits per heavy atom. The highest BCUT2D eigenvalue weighted by Gasteiger charge is 2.27. The molecule has 0 heterocycles. The summed E-state index contributed by atoms with van der Waals surface area (Å²) in [5.41, 5.74) is 2.15. The molecule has 0 spiro atoms. The van der Waals surface area contributed by atoms with Crippen molar-refractivity contribution in [3.05, 3.63) is 103 Å². The van der Waals surface area contributed by atoms with Crippen LogP contribution < -0.4 is 10.6 Å². The smallest absolute Gasteiger partial charge is 0.147 e.